The minimum absolute atomic E-state index is 0.0894. The average Bonchev–Trinajstić information content (AvgIpc) is 2.64. The molecule has 6 heteroatoms. The van der Waals surface area contributed by atoms with Crippen molar-refractivity contribution in [2.75, 3.05) is 33.4 Å². The van der Waals surface area contributed by atoms with E-state index in [0.717, 1.165) is 10.2 Å². The fourth-order valence-electron chi connectivity index (χ4n) is 2.34. The zero-order valence-electron chi connectivity index (χ0n) is 15.3. The average molecular weight is 422 g/mol. The second-order valence-corrected chi connectivity index (χ2v) is 6.47. The standard InChI is InChI=1S/C20H24BrNO4/c1-4-24-18-11-6-15(14-19(18)25-5-2)20(23)22(3)12-13-26-17-9-7-16(21)8-10-17/h6-11,14H,4-5,12-13H2,1-3H3. The van der Waals surface area contributed by atoms with Crippen molar-refractivity contribution in [3.63, 3.8) is 0 Å². The molecular formula is C20H24BrNO4. The fraction of sp³-hybridized carbons (Fsp3) is 0.350. The maximum absolute atomic E-state index is 12.6. The summed E-state index contributed by atoms with van der Waals surface area (Å²) in [6, 6.07) is 12.8. The Bertz CT molecular complexity index is 718. The van der Waals surface area contributed by atoms with Crippen molar-refractivity contribution in [2.24, 2.45) is 0 Å². The number of amides is 1. The zero-order chi connectivity index (χ0) is 18.9. The third-order valence-electron chi connectivity index (χ3n) is 3.65. The number of benzene rings is 2. The van der Waals surface area contributed by atoms with Gasteiger partial charge in [0, 0.05) is 17.1 Å². The SMILES string of the molecule is CCOc1ccc(C(=O)N(C)CCOc2ccc(Br)cc2)cc1OCC. The van der Waals surface area contributed by atoms with E-state index in [9.17, 15) is 4.79 Å². The molecule has 0 atom stereocenters. The number of hydrogen-bond acceptors (Lipinski definition) is 4. The number of hydrogen-bond donors (Lipinski definition) is 0. The summed E-state index contributed by atoms with van der Waals surface area (Å²) in [7, 11) is 1.75. The Balaban J connectivity index is 1.96. The highest BCUT2D eigenvalue weighted by Crippen LogP contribution is 2.29. The van der Waals surface area contributed by atoms with Gasteiger partial charge in [0.15, 0.2) is 11.5 Å². The largest absolute Gasteiger partial charge is 0.492 e. The topological polar surface area (TPSA) is 48.0 Å². The number of nitrogens with zero attached hydrogens (tertiary/aromatic N) is 1. The van der Waals surface area contributed by atoms with E-state index in [1.165, 1.54) is 0 Å². The maximum atomic E-state index is 12.6. The molecule has 2 aromatic carbocycles. The second kappa shape index (κ2) is 10.1. The van der Waals surface area contributed by atoms with E-state index in [2.05, 4.69) is 15.9 Å². The molecule has 0 unspecified atom stereocenters. The molecular weight excluding hydrogens is 398 g/mol. The molecule has 140 valence electrons. The van der Waals surface area contributed by atoms with Crippen LogP contribution in [0.1, 0.15) is 24.2 Å². The van der Waals surface area contributed by atoms with Crippen molar-refractivity contribution in [3.05, 3.63) is 52.5 Å². The number of likely N-dealkylation sites (N-methyl/N-ethyl adjacent to an activating group) is 1. The zero-order valence-corrected chi connectivity index (χ0v) is 16.9. The summed E-state index contributed by atoms with van der Waals surface area (Å²) in [6.45, 7) is 5.75. The molecule has 0 aliphatic heterocycles. The predicted octanol–water partition coefficient (Wildman–Crippen LogP) is 4.40. The first-order chi connectivity index (χ1) is 12.5. The van der Waals surface area contributed by atoms with E-state index in [0.29, 0.717) is 43.4 Å². The molecule has 0 aliphatic carbocycles. The Morgan fingerprint density at radius 3 is 2.27 bits per heavy atom. The summed E-state index contributed by atoms with van der Waals surface area (Å²) in [5, 5.41) is 0. The molecule has 0 bridgehead atoms. The lowest BCUT2D eigenvalue weighted by atomic mass is 10.1. The van der Waals surface area contributed by atoms with Crippen LogP contribution in [-0.4, -0.2) is 44.2 Å². The summed E-state index contributed by atoms with van der Waals surface area (Å²) < 4.78 is 17.8. The number of halogens is 1. The highest BCUT2D eigenvalue weighted by atomic mass is 79.9. The summed E-state index contributed by atoms with van der Waals surface area (Å²) in [6.07, 6.45) is 0. The van der Waals surface area contributed by atoms with Crippen molar-refractivity contribution in [2.45, 2.75) is 13.8 Å². The van der Waals surface area contributed by atoms with Gasteiger partial charge in [-0.25, -0.2) is 0 Å². The monoisotopic (exact) mass is 421 g/mol. The molecule has 0 saturated heterocycles. The normalized spacial score (nSPS) is 10.3. The Morgan fingerprint density at radius 2 is 1.62 bits per heavy atom. The van der Waals surface area contributed by atoms with Crippen molar-refractivity contribution in [3.8, 4) is 17.2 Å². The van der Waals surface area contributed by atoms with Crippen LogP contribution in [-0.2, 0) is 0 Å². The predicted molar refractivity (Wildman–Crippen MR) is 105 cm³/mol. The van der Waals surface area contributed by atoms with Crippen LogP contribution in [0, 0.1) is 0 Å². The molecule has 0 N–H and O–H groups in total. The van der Waals surface area contributed by atoms with E-state index in [4.69, 9.17) is 14.2 Å². The number of carbonyl (C=O) groups is 1. The molecule has 26 heavy (non-hydrogen) atoms. The minimum atomic E-state index is -0.0894. The van der Waals surface area contributed by atoms with Crippen LogP contribution < -0.4 is 14.2 Å². The molecule has 0 fully saturated rings. The van der Waals surface area contributed by atoms with Gasteiger partial charge in [-0.05, 0) is 56.3 Å². The van der Waals surface area contributed by atoms with E-state index in [1.807, 2.05) is 38.1 Å². The summed E-state index contributed by atoms with van der Waals surface area (Å²) in [5.41, 5.74) is 0.558. The van der Waals surface area contributed by atoms with Gasteiger partial charge in [-0.2, -0.15) is 0 Å². The Labute approximate surface area is 163 Å². The van der Waals surface area contributed by atoms with Gasteiger partial charge >= 0.3 is 0 Å². The van der Waals surface area contributed by atoms with Gasteiger partial charge in [-0.3, -0.25) is 4.79 Å². The number of ether oxygens (including phenoxy) is 3. The molecule has 0 heterocycles. The van der Waals surface area contributed by atoms with Crippen LogP contribution in [0.2, 0.25) is 0 Å². The third kappa shape index (κ3) is 5.66. The van der Waals surface area contributed by atoms with Crippen molar-refractivity contribution < 1.29 is 19.0 Å². The molecule has 0 radical (unpaired) electrons. The van der Waals surface area contributed by atoms with E-state index < -0.39 is 0 Å². The highest BCUT2D eigenvalue weighted by Gasteiger charge is 2.15. The van der Waals surface area contributed by atoms with Crippen LogP contribution in [0.15, 0.2) is 46.9 Å². The first kappa shape index (κ1) is 20.1. The number of rotatable bonds is 9. The van der Waals surface area contributed by atoms with Crippen LogP contribution in [0.3, 0.4) is 0 Å². The molecule has 0 aromatic heterocycles. The molecule has 2 aromatic rings. The van der Waals surface area contributed by atoms with Crippen LogP contribution in [0.5, 0.6) is 17.2 Å². The summed E-state index contributed by atoms with van der Waals surface area (Å²) in [5.74, 6) is 1.91. The summed E-state index contributed by atoms with van der Waals surface area (Å²) in [4.78, 5) is 14.3. The second-order valence-electron chi connectivity index (χ2n) is 5.56. The Kier molecular flexibility index (Phi) is 7.78. The smallest absolute Gasteiger partial charge is 0.253 e. The molecule has 0 saturated carbocycles. The van der Waals surface area contributed by atoms with Gasteiger partial charge in [0.2, 0.25) is 0 Å². The lowest BCUT2D eigenvalue weighted by Crippen LogP contribution is -2.30. The molecule has 2 rings (SSSR count). The number of carbonyl (C=O) groups excluding carboxylic acids is 1. The van der Waals surface area contributed by atoms with Gasteiger partial charge < -0.3 is 19.1 Å². The Hall–Kier alpha value is -2.21. The highest BCUT2D eigenvalue weighted by molar-refractivity contribution is 9.10. The van der Waals surface area contributed by atoms with Crippen LogP contribution >= 0.6 is 15.9 Å². The first-order valence-corrected chi connectivity index (χ1v) is 9.38. The van der Waals surface area contributed by atoms with Gasteiger partial charge in [0.25, 0.3) is 5.91 Å². The van der Waals surface area contributed by atoms with E-state index in [1.54, 1.807) is 30.1 Å². The fourth-order valence-corrected chi connectivity index (χ4v) is 2.60. The first-order valence-electron chi connectivity index (χ1n) is 8.58. The molecule has 0 aliphatic rings. The van der Waals surface area contributed by atoms with Crippen LogP contribution in [0.25, 0.3) is 0 Å². The van der Waals surface area contributed by atoms with E-state index >= 15 is 0 Å². The third-order valence-corrected chi connectivity index (χ3v) is 4.17. The minimum Gasteiger partial charge on any atom is -0.492 e. The van der Waals surface area contributed by atoms with Gasteiger partial charge in [-0.1, -0.05) is 15.9 Å². The quantitative estimate of drug-likeness (QED) is 0.601. The summed E-state index contributed by atoms with van der Waals surface area (Å²) >= 11 is 3.39. The molecule has 1 amide bonds. The molecule has 0 spiro atoms. The van der Waals surface area contributed by atoms with Crippen LogP contribution in [0.4, 0.5) is 0 Å². The van der Waals surface area contributed by atoms with Crippen molar-refractivity contribution in [1.82, 2.24) is 4.90 Å². The van der Waals surface area contributed by atoms with Crippen molar-refractivity contribution in [1.29, 1.82) is 0 Å². The Morgan fingerprint density at radius 1 is 0.962 bits per heavy atom. The lowest BCUT2D eigenvalue weighted by molar-refractivity contribution is 0.0773. The van der Waals surface area contributed by atoms with Gasteiger partial charge in [0.05, 0.1) is 19.8 Å². The van der Waals surface area contributed by atoms with Gasteiger partial charge in [0.1, 0.15) is 12.4 Å². The van der Waals surface area contributed by atoms with E-state index in [-0.39, 0.29) is 5.91 Å². The maximum Gasteiger partial charge on any atom is 0.253 e. The van der Waals surface area contributed by atoms with Crippen molar-refractivity contribution >= 4 is 21.8 Å². The molecule has 5 nitrogen and oxygen atoms in total. The lowest BCUT2D eigenvalue weighted by Gasteiger charge is -2.19. The van der Waals surface area contributed by atoms with Gasteiger partial charge in [-0.15, -0.1) is 0 Å².